The zero-order chi connectivity index (χ0) is 13.8. The first-order chi connectivity index (χ1) is 9.06. The first kappa shape index (κ1) is 13.8. The van der Waals surface area contributed by atoms with Crippen molar-refractivity contribution in [1.82, 2.24) is 5.32 Å². The smallest absolute Gasteiger partial charge is 0.0297 e. The van der Waals surface area contributed by atoms with Gasteiger partial charge in [0.1, 0.15) is 0 Å². The third-order valence-electron chi connectivity index (χ3n) is 3.55. The molecule has 19 heavy (non-hydrogen) atoms. The van der Waals surface area contributed by atoms with Gasteiger partial charge in [-0.2, -0.15) is 0 Å². The highest BCUT2D eigenvalue weighted by atomic mass is 14.9. The zero-order valence-corrected chi connectivity index (χ0v) is 12.3. The lowest BCUT2D eigenvalue weighted by Gasteiger charge is -2.17. The van der Waals surface area contributed by atoms with Gasteiger partial charge in [-0.25, -0.2) is 0 Å². The van der Waals surface area contributed by atoms with Crippen LogP contribution in [0.5, 0.6) is 0 Å². The Morgan fingerprint density at radius 3 is 2.21 bits per heavy atom. The van der Waals surface area contributed by atoms with Gasteiger partial charge in [0.25, 0.3) is 0 Å². The van der Waals surface area contributed by atoms with Crippen molar-refractivity contribution in [3.05, 3.63) is 70.3 Å². The van der Waals surface area contributed by atoms with Crippen LogP contribution < -0.4 is 5.32 Å². The van der Waals surface area contributed by atoms with Crippen molar-refractivity contribution in [3.63, 3.8) is 0 Å². The summed E-state index contributed by atoms with van der Waals surface area (Å²) in [5.41, 5.74) is 6.76. The minimum atomic E-state index is 0.377. The van der Waals surface area contributed by atoms with E-state index in [1.165, 1.54) is 27.8 Å². The van der Waals surface area contributed by atoms with E-state index in [-0.39, 0.29) is 0 Å². The summed E-state index contributed by atoms with van der Waals surface area (Å²) < 4.78 is 0. The second-order valence-corrected chi connectivity index (χ2v) is 5.46. The molecule has 1 N–H and O–H groups in total. The van der Waals surface area contributed by atoms with Crippen molar-refractivity contribution in [3.8, 4) is 0 Å². The number of nitrogens with one attached hydrogen (secondary N) is 1. The van der Waals surface area contributed by atoms with Crippen molar-refractivity contribution >= 4 is 0 Å². The van der Waals surface area contributed by atoms with Gasteiger partial charge in [-0.3, -0.25) is 0 Å². The van der Waals surface area contributed by atoms with Gasteiger partial charge in [-0.15, -0.1) is 0 Å². The maximum atomic E-state index is 3.61. The summed E-state index contributed by atoms with van der Waals surface area (Å²) in [5.74, 6) is 0. The van der Waals surface area contributed by atoms with Crippen LogP contribution in [-0.2, 0) is 6.54 Å². The van der Waals surface area contributed by atoms with Crippen LogP contribution in [-0.4, -0.2) is 0 Å². The van der Waals surface area contributed by atoms with Gasteiger partial charge < -0.3 is 5.32 Å². The van der Waals surface area contributed by atoms with E-state index in [0.717, 1.165) is 6.54 Å². The Balaban J connectivity index is 2.04. The molecule has 0 aromatic heterocycles. The molecule has 0 amide bonds. The SMILES string of the molecule is Cc1cc(C)cc(CNC(C)c2ccccc2C)c1. The number of hydrogen-bond acceptors (Lipinski definition) is 1. The molecule has 2 aromatic rings. The first-order valence-electron chi connectivity index (χ1n) is 6.92. The molecule has 0 bridgehead atoms. The van der Waals surface area contributed by atoms with E-state index >= 15 is 0 Å². The largest absolute Gasteiger partial charge is 0.306 e. The Morgan fingerprint density at radius 1 is 0.947 bits per heavy atom. The number of aryl methyl sites for hydroxylation is 3. The molecule has 0 aliphatic rings. The Morgan fingerprint density at radius 2 is 1.58 bits per heavy atom. The summed E-state index contributed by atoms with van der Waals surface area (Å²) in [4.78, 5) is 0. The van der Waals surface area contributed by atoms with E-state index in [9.17, 15) is 0 Å². The summed E-state index contributed by atoms with van der Waals surface area (Å²) in [6, 6.07) is 15.7. The molecule has 0 spiro atoms. The second-order valence-electron chi connectivity index (χ2n) is 5.46. The van der Waals surface area contributed by atoms with E-state index in [0.29, 0.717) is 6.04 Å². The van der Waals surface area contributed by atoms with Crippen LogP contribution in [0.25, 0.3) is 0 Å². The Bertz CT molecular complexity index is 537. The van der Waals surface area contributed by atoms with Gasteiger partial charge in [-0.05, 0) is 44.4 Å². The fourth-order valence-corrected chi connectivity index (χ4v) is 2.62. The topological polar surface area (TPSA) is 12.0 Å². The maximum Gasteiger partial charge on any atom is 0.0297 e. The molecule has 1 atom stereocenters. The Labute approximate surface area is 116 Å². The van der Waals surface area contributed by atoms with Crippen LogP contribution in [0.3, 0.4) is 0 Å². The van der Waals surface area contributed by atoms with E-state index in [1.54, 1.807) is 0 Å². The minimum absolute atomic E-state index is 0.377. The predicted octanol–water partition coefficient (Wildman–Crippen LogP) is 4.46. The van der Waals surface area contributed by atoms with Gasteiger partial charge >= 0.3 is 0 Å². The van der Waals surface area contributed by atoms with Crippen LogP contribution in [0.2, 0.25) is 0 Å². The first-order valence-corrected chi connectivity index (χ1v) is 6.92. The summed E-state index contributed by atoms with van der Waals surface area (Å²) >= 11 is 0. The third-order valence-corrected chi connectivity index (χ3v) is 3.55. The van der Waals surface area contributed by atoms with Crippen LogP contribution in [0, 0.1) is 20.8 Å². The predicted molar refractivity (Wildman–Crippen MR) is 82.3 cm³/mol. The maximum absolute atomic E-state index is 3.61. The van der Waals surface area contributed by atoms with E-state index in [1.807, 2.05) is 0 Å². The molecule has 1 unspecified atom stereocenters. The molecular formula is C18H23N. The lowest BCUT2D eigenvalue weighted by atomic mass is 10.0. The van der Waals surface area contributed by atoms with Crippen molar-refractivity contribution in [2.45, 2.75) is 40.3 Å². The number of hydrogen-bond donors (Lipinski definition) is 1. The molecule has 1 nitrogen and oxygen atoms in total. The highest BCUT2D eigenvalue weighted by molar-refractivity contribution is 5.30. The molecule has 0 aliphatic heterocycles. The fraction of sp³-hybridized carbons (Fsp3) is 0.333. The molecule has 0 aliphatic carbocycles. The molecule has 100 valence electrons. The molecule has 0 radical (unpaired) electrons. The number of benzene rings is 2. The molecular weight excluding hydrogens is 230 g/mol. The van der Waals surface area contributed by atoms with Gasteiger partial charge in [-0.1, -0.05) is 53.6 Å². The van der Waals surface area contributed by atoms with Crippen LogP contribution >= 0.6 is 0 Å². The average Bonchev–Trinajstić information content (AvgIpc) is 2.35. The van der Waals surface area contributed by atoms with Gasteiger partial charge in [0.2, 0.25) is 0 Å². The highest BCUT2D eigenvalue weighted by Crippen LogP contribution is 2.17. The minimum Gasteiger partial charge on any atom is -0.306 e. The molecule has 1 heteroatoms. The quantitative estimate of drug-likeness (QED) is 0.848. The average molecular weight is 253 g/mol. The monoisotopic (exact) mass is 253 g/mol. The van der Waals surface area contributed by atoms with Crippen LogP contribution in [0.15, 0.2) is 42.5 Å². The van der Waals surface area contributed by atoms with Gasteiger partial charge in [0.15, 0.2) is 0 Å². The van der Waals surface area contributed by atoms with E-state index in [2.05, 4.69) is 75.5 Å². The lowest BCUT2D eigenvalue weighted by Crippen LogP contribution is -2.19. The van der Waals surface area contributed by atoms with Gasteiger partial charge in [0.05, 0.1) is 0 Å². The standard InChI is InChI=1S/C18H23N/c1-13-9-14(2)11-17(10-13)12-19-16(4)18-8-6-5-7-15(18)3/h5-11,16,19H,12H2,1-4H3. The summed E-state index contributed by atoms with van der Waals surface area (Å²) in [6.45, 7) is 9.62. The summed E-state index contributed by atoms with van der Waals surface area (Å²) in [5, 5.41) is 3.61. The molecule has 0 fully saturated rings. The summed E-state index contributed by atoms with van der Waals surface area (Å²) in [7, 11) is 0. The second kappa shape index (κ2) is 6.03. The molecule has 2 rings (SSSR count). The van der Waals surface area contributed by atoms with E-state index < -0.39 is 0 Å². The molecule has 0 saturated carbocycles. The number of rotatable bonds is 4. The highest BCUT2D eigenvalue weighted by Gasteiger charge is 2.07. The summed E-state index contributed by atoms with van der Waals surface area (Å²) in [6.07, 6.45) is 0. The lowest BCUT2D eigenvalue weighted by molar-refractivity contribution is 0.572. The zero-order valence-electron chi connectivity index (χ0n) is 12.3. The van der Waals surface area contributed by atoms with Crippen molar-refractivity contribution in [1.29, 1.82) is 0 Å². The van der Waals surface area contributed by atoms with Crippen molar-refractivity contribution in [2.75, 3.05) is 0 Å². The van der Waals surface area contributed by atoms with Crippen LogP contribution in [0.1, 0.15) is 40.8 Å². The normalized spacial score (nSPS) is 12.4. The fourth-order valence-electron chi connectivity index (χ4n) is 2.62. The van der Waals surface area contributed by atoms with E-state index in [4.69, 9.17) is 0 Å². The Hall–Kier alpha value is -1.60. The van der Waals surface area contributed by atoms with Crippen molar-refractivity contribution in [2.24, 2.45) is 0 Å². The Kier molecular flexibility index (Phi) is 4.39. The van der Waals surface area contributed by atoms with Crippen molar-refractivity contribution < 1.29 is 0 Å². The van der Waals surface area contributed by atoms with Crippen LogP contribution in [0.4, 0.5) is 0 Å². The molecule has 0 saturated heterocycles. The third kappa shape index (κ3) is 3.68. The molecule has 0 heterocycles. The van der Waals surface area contributed by atoms with Gasteiger partial charge in [0, 0.05) is 12.6 Å². The molecule has 2 aromatic carbocycles.